The monoisotopic (exact) mass is 444 g/mol. The van der Waals surface area contributed by atoms with Crippen molar-refractivity contribution in [2.45, 2.75) is 12.2 Å². The molecule has 3 nitrogen and oxygen atoms in total. The van der Waals surface area contributed by atoms with Crippen molar-refractivity contribution < 1.29 is 18.3 Å². The number of halogens is 7. The first-order valence-electron chi connectivity index (χ1n) is 6.00. The van der Waals surface area contributed by atoms with Crippen LogP contribution in [-0.4, -0.2) is 42.4 Å². The van der Waals surface area contributed by atoms with Crippen LogP contribution in [0.25, 0.3) is 0 Å². The number of piperazine rings is 1. The molecule has 1 aromatic rings. The van der Waals surface area contributed by atoms with Gasteiger partial charge in [0.2, 0.25) is 0 Å². The van der Waals surface area contributed by atoms with Crippen LogP contribution >= 0.6 is 52.3 Å². The molecule has 128 valence electrons. The van der Waals surface area contributed by atoms with Gasteiger partial charge in [-0.2, -0.15) is 13.2 Å². The normalized spacial score (nSPS) is 17.3. The highest BCUT2D eigenvalue weighted by atomic mass is 79.9. The number of phenols is 1. The molecule has 0 amide bonds. The standard InChI is InChI=1S/C12H13BrClF3N2O.2ClH/c13-7-1-2-8(14)9(10(7)20)11(12(15,16)17)19-5-3-18-4-6-19;;/h1-2,11,18,20H,3-6H2;2*1H/t11-;;/m0../s1. The van der Waals surface area contributed by atoms with Crippen molar-refractivity contribution in [3.63, 3.8) is 0 Å². The molecule has 1 saturated heterocycles. The summed E-state index contributed by atoms with van der Waals surface area (Å²) in [5.74, 6) is -0.460. The number of nitrogens with zero attached hydrogens (tertiary/aromatic N) is 1. The number of rotatable bonds is 2. The average molecular weight is 447 g/mol. The zero-order valence-corrected chi connectivity index (χ0v) is 15.1. The quantitative estimate of drug-likeness (QED) is 0.716. The smallest absolute Gasteiger partial charge is 0.408 e. The van der Waals surface area contributed by atoms with Gasteiger partial charge in [-0.25, -0.2) is 0 Å². The molecule has 1 heterocycles. The zero-order chi connectivity index (χ0) is 14.9. The highest BCUT2D eigenvalue weighted by Crippen LogP contribution is 2.46. The van der Waals surface area contributed by atoms with Crippen LogP contribution < -0.4 is 5.32 Å². The molecule has 2 N–H and O–H groups in total. The Labute approximate surface area is 152 Å². The van der Waals surface area contributed by atoms with Crippen LogP contribution in [0, 0.1) is 0 Å². The predicted molar refractivity (Wildman–Crippen MR) is 88.6 cm³/mol. The highest BCUT2D eigenvalue weighted by molar-refractivity contribution is 9.10. The fourth-order valence-corrected chi connectivity index (χ4v) is 2.91. The number of nitrogens with one attached hydrogen (secondary N) is 1. The van der Waals surface area contributed by atoms with Gasteiger partial charge in [0.05, 0.1) is 4.47 Å². The van der Waals surface area contributed by atoms with E-state index in [2.05, 4.69) is 21.2 Å². The van der Waals surface area contributed by atoms with Crippen LogP contribution in [0.5, 0.6) is 5.75 Å². The Kier molecular flexibility index (Phi) is 8.83. The summed E-state index contributed by atoms with van der Waals surface area (Å²) in [5.41, 5.74) is -0.296. The number of phenolic OH excluding ortho intramolecular Hbond substituents is 1. The lowest BCUT2D eigenvalue weighted by atomic mass is 10.0. The fourth-order valence-electron chi connectivity index (χ4n) is 2.31. The molecule has 0 bridgehead atoms. The third kappa shape index (κ3) is 4.79. The molecule has 2 rings (SSSR count). The third-order valence-corrected chi connectivity index (χ3v) is 4.18. The molecule has 1 aliphatic heterocycles. The van der Waals surface area contributed by atoms with E-state index in [1.165, 1.54) is 17.0 Å². The van der Waals surface area contributed by atoms with Crippen LogP contribution in [-0.2, 0) is 0 Å². The summed E-state index contributed by atoms with van der Waals surface area (Å²) in [7, 11) is 0. The number of benzene rings is 1. The molecule has 0 saturated carbocycles. The SMILES string of the molecule is Cl.Cl.Oc1c(Br)ccc(Cl)c1[C@H](N1CCNCC1)C(F)(F)F. The van der Waals surface area contributed by atoms with Crippen molar-refractivity contribution in [2.75, 3.05) is 26.2 Å². The molecule has 22 heavy (non-hydrogen) atoms. The van der Waals surface area contributed by atoms with Gasteiger partial charge in [-0.15, -0.1) is 24.8 Å². The van der Waals surface area contributed by atoms with Crippen molar-refractivity contribution in [3.05, 3.63) is 27.2 Å². The van der Waals surface area contributed by atoms with Gasteiger partial charge in [0, 0.05) is 36.8 Å². The Hall–Kier alpha value is 0.0800. The van der Waals surface area contributed by atoms with E-state index in [0.29, 0.717) is 13.1 Å². The van der Waals surface area contributed by atoms with Crippen molar-refractivity contribution in [1.29, 1.82) is 0 Å². The second-order valence-electron chi connectivity index (χ2n) is 4.52. The second kappa shape index (κ2) is 8.80. The van der Waals surface area contributed by atoms with Gasteiger partial charge in [0.25, 0.3) is 0 Å². The molecule has 0 aliphatic carbocycles. The minimum absolute atomic E-state index is 0. The van der Waals surface area contributed by atoms with Crippen LogP contribution in [0.2, 0.25) is 5.02 Å². The van der Waals surface area contributed by atoms with Gasteiger partial charge in [-0.3, -0.25) is 4.90 Å². The average Bonchev–Trinajstić information content (AvgIpc) is 2.39. The summed E-state index contributed by atoms with van der Waals surface area (Å²) in [6.45, 7) is 1.43. The van der Waals surface area contributed by atoms with E-state index in [4.69, 9.17) is 11.6 Å². The van der Waals surface area contributed by atoms with E-state index in [1.807, 2.05) is 0 Å². The van der Waals surface area contributed by atoms with Crippen molar-refractivity contribution in [1.82, 2.24) is 10.2 Å². The predicted octanol–water partition coefficient (Wildman–Crippen LogP) is 4.16. The van der Waals surface area contributed by atoms with Gasteiger partial charge in [-0.1, -0.05) is 11.6 Å². The summed E-state index contributed by atoms with van der Waals surface area (Å²) in [6, 6.07) is 0.864. The summed E-state index contributed by atoms with van der Waals surface area (Å²) in [5, 5.41) is 12.9. The lowest BCUT2D eigenvalue weighted by molar-refractivity contribution is -0.188. The highest BCUT2D eigenvalue weighted by Gasteiger charge is 2.47. The first-order valence-corrected chi connectivity index (χ1v) is 7.18. The van der Waals surface area contributed by atoms with Crippen molar-refractivity contribution in [2.24, 2.45) is 0 Å². The Bertz CT molecular complexity index is 499. The maximum absolute atomic E-state index is 13.4. The zero-order valence-electron chi connectivity index (χ0n) is 11.2. The van der Waals surface area contributed by atoms with E-state index in [0.717, 1.165) is 0 Å². The van der Waals surface area contributed by atoms with E-state index in [1.54, 1.807) is 0 Å². The van der Waals surface area contributed by atoms with Gasteiger partial charge in [0.1, 0.15) is 11.8 Å². The third-order valence-electron chi connectivity index (χ3n) is 3.21. The molecular weight excluding hydrogens is 431 g/mol. The van der Waals surface area contributed by atoms with Crippen LogP contribution in [0.1, 0.15) is 11.6 Å². The molecule has 0 aromatic heterocycles. The van der Waals surface area contributed by atoms with Crippen molar-refractivity contribution >= 4 is 52.3 Å². The van der Waals surface area contributed by atoms with E-state index in [9.17, 15) is 18.3 Å². The molecular formula is C12H15BrCl3F3N2O. The molecule has 1 aromatic carbocycles. The molecule has 1 atom stereocenters. The maximum Gasteiger partial charge on any atom is 0.408 e. The topological polar surface area (TPSA) is 35.5 Å². The minimum Gasteiger partial charge on any atom is -0.506 e. The van der Waals surface area contributed by atoms with E-state index in [-0.39, 0.29) is 53.0 Å². The Balaban J connectivity index is 0.00000220. The number of aromatic hydroxyl groups is 1. The molecule has 10 heteroatoms. The lowest BCUT2D eigenvalue weighted by Crippen LogP contribution is -2.49. The van der Waals surface area contributed by atoms with Gasteiger partial charge in [-0.05, 0) is 28.1 Å². The number of alkyl halides is 3. The summed E-state index contributed by atoms with van der Waals surface area (Å²) >= 11 is 8.93. The second-order valence-corrected chi connectivity index (χ2v) is 5.78. The molecule has 0 spiro atoms. The van der Waals surface area contributed by atoms with Gasteiger partial charge in [0.15, 0.2) is 0 Å². The summed E-state index contributed by atoms with van der Waals surface area (Å²) in [6.07, 6.45) is -4.51. The van der Waals surface area contributed by atoms with E-state index >= 15 is 0 Å². The first-order chi connectivity index (χ1) is 9.32. The summed E-state index contributed by atoms with van der Waals surface area (Å²) < 4.78 is 40.5. The lowest BCUT2D eigenvalue weighted by Gasteiger charge is -2.36. The van der Waals surface area contributed by atoms with Crippen LogP contribution in [0.3, 0.4) is 0 Å². The maximum atomic E-state index is 13.4. The minimum atomic E-state index is -4.51. The van der Waals surface area contributed by atoms with E-state index < -0.39 is 18.0 Å². The largest absolute Gasteiger partial charge is 0.506 e. The first kappa shape index (κ1) is 22.1. The fraction of sp³-hybridized carbons (Fsp3) is 0.500. The Morgan fingerprint density at radius 2 is 1.77 bits per heavy atom. The van der Waals surface area contributed by atoms with Gasteiger partial charge >= 0.3 is 6.18 Å². The molecule has 0 radical (unpaired) electrons. The van der Waals surface area contributed by atoms with Crippen LogP contribution in [0.15, 0.2) is 16.6 Å². The molecule has 1 fully saturated rings. The summed E-state index contributed by atoms with van der Waals surface area (Å²) in [4.78, 5) is 1.28. The Morgan fingerprint density at radius 3 is 2.27 bits per heavy atom. The molecule has 0 unspecified atom stereocenters. The molecule has 1 aliphatic rings. The van der Waals surface area contributed by atoms with Gasteiger partial charge < -0.3 is 10.4 Å². The number of hydrogen-bond donors (Lipinski definition) is 2. The van der Waals surface area contributed by atoms with Crippen LogP contribution in [0.4, 0.5) is 13.2 Å². The Morgan fingerprint density at radius 1 is 1.23 bits per heavy atom. The number of hydrogen-bond acceptors (Lipinski definition) is 3. The van der Waals surface area contributed by atoms with Crippen molar-refractivity contribution in [3.8, 4) is 5.75 Å².